The molecule has 0 spiro atoms. The van der Waals surface area contributed by atoms with E-state index in [1.165, 1.54) is 5.56 Å². The van der Waals surface area contributed by atoms with Crippen molar-refractivity contribution in [3.63, 3.8) is 0 Å². The van der Waals surface area contributed by atoms with Crippen LogP contribution in [0.2, 0.25) is 0 Å². The molecule has 1 aliphatic rings. The first-order valence-corrected chi connectivity index (χ1v) is 6.38. The first kappa shape index (κ1) is 13.4. The molecule has 0 aromatic heterocycles. The minimum Gasteiger partial charge on any atom is -0.496 e. The normalized spacial score (nSPS) is 18.3. The number of ether oxygens (including phenoxy) is 2. The van der Waals surface area contributed by atoms with Crippen LogP contribution in [0.4, 0.5) is 0 Å². The van der Waals surface area contributed by atoms with Gasteiger partial charge in [0.2, 0.25) is 0 Å². The van der Waals surface area contributed by atoms with E-state index < -0.39 is 0 Å². The molecule has 1 fully saturated rings. The number of hydrogen-bond acceptors (Lipinski definition) is 3. The van der Waals surface area contributed by atoms with Gasteiger partial charge in [-0.3, -0.25) is 0 Å². The molecule has 1 saturated heterocycles. The number of rotatable bonds is 4. The third-order valence-electron chi connectivity index (χ3n) is 3.56. The summed E-state index contributed by atoms with van der Waals surface area (Å²) in [7, 11) is 1.70. The highest BCUT2D eigenvalue weighted by atomic mass is 16.5. The van der Waals surface area contributed by atoms with Gasteiger partial charge in [-0.25, -0.2) is 0 Å². The molecule has 1 aromatic carbocycles. The number of methoxy groups -OCH3 is 1. The van der Waals surface area contributed by atoms with Crippen LogP contribution in [0.1, 0.15) is 31.4 Å². The first-order chi connectivity index (χ1) is 8.36. The highest BCUT2D eigenvalue weighted by molar-refractivity contribution is 5.40. The topological polar surface area (TPSA) is 44.5 Å². The van der Waals surface area contributed by atoms with Gasteiger partial charge in [-0.2, -0.15) is 0 Å². The zero-order valence-corrected chi connectivity index (χ0v) is 11.7. The van der Waals surface area contributed by atoms with E-state index in [0.29, 0.717) is 0 Å². The molecule has 0 bridgehead atoms. The molecule has 100 valence electrons. The lowest BCUT2D eigenvalue weighted by atomic mass is 9.70. The minimum atomic E-state index is -0.183. The quantitative estimate of drug-likeness (QED) is 0.891. The summed E-state index contributed by atoms with van der Waals surface area (Å²) >= 11 is 0. The van der Waals surface area contributed by atoms with Crippen LogP contribution in [-0.4, -0.2) is 25.9 Å². The Morgan fingerprint density at radius 2 is 2.06 bits per heavy atom. The van der Waals surface area contributed by atoms with Crippen LogP contribution in [-0.2, 0) is 10.2 Å². The molecular weight excluding hydrogens is 226 g/mol. The first-order valence-electron chi connectivity index (χ1n) is 6.38. The predicted octanol–water partition coefficient (Wildman–Crippen LogP) is 2.40. The van der Waals surface area contributed by atoms with Crippen molar-refractivity contribution in [2.24, 2.45) is 5.73 Å². The van der Waals surface area contributed by atoms with Crippen LogP contribution in [0.5, 0.6) is 5.75 Å². The SMILES string of the molecule is COc1ccc(C2(CC(C)(C)N)COC2)cc1C. The van der Waals surface area contributed by atoms with Crippen LogP contribution in [0.15, 0.2) is 18.2 Å². The molecule has 3 heteroatoms. The summed E-state index contributed by atoms with van der Waals surface area (Å²) in [4.78, 5) is 0. The number of hydrogen-bond donors (Lipinski definition) is 1. The fourth-order valence-electron chi connectivity index (χ4n) is 2.80. The molecule has 18 heavy (non-hydrogen) atoms. The Balaban J connectivity index is 2.30. The summed E-state index contributed by atoms with van der Waals surface area (Å²) in [6.07, 6.45) is 0.936. The van der Waals surface area contributed by atoms with E-state index in [1.807, 2.05) is 6.07 Å². The Labute approximate surface area is 109 Å². The highest BCUT2D eigenvalue weighted by Gasteiger charge is 2.43. The van der Waals surface area contributed by atoms with Crippen molar-refractivity contribution in [3.8, 4) is 5.75 Å². The Morgan fingerprint density at radius 1 is 1.39 bits per heavy atom. The molecular formula is C15H23NO2. The number of benzene rings is 1. The lowest BCUT2D eigenvalue weighted by Gasteiger charge is -2.45. The van der Waals surface area contributed by atoms with Crippen molar-refractivity contribution in [3.05, 3.63) is 29.3 Å². The molecule has 0 unspecified atom stereocenters. The molecule has 1 heterocycles. The van der Waals surface area contributed by atoms with Crippen molar-refractivity contribution in [2.45, 2.75) is 38.1 Å². The Kier molecular flexibility index (Phi) is 3.39. The van der Waals surface area contributed by atoms with E-state index in [0.717, 1.165) is 30.9 Å². The molecule has 0 aliphatic carbocycles. The van der Waals surface area contributed by atoms with Crippen LogP contribution in [0, 0.1) is 6.92 Å². The second-order valence-electron chi connectivity index (χ2n) is 6.12. The molecule has 2 rings (SSSR count). The number of aryl methyl sites for hydroxylation is 1. The highest BCUT2D eigenvalue weighted by Crippen LogP contribution is 2.40. The molecule has 1 aliphatic heterocycles. The van der Waals surface area contributed by atoms with Crippen molar-refractivity contribution < 1.29 is 9.47 Å². The summed E-state index contributed by atoms with van der Waals surface area (Å²) < 4.78 is 10.8. The fourth-order valence-corrected chi connectivity index (χ4v) is 2.80. The maximum Gasteiger partial charge on any atom is 0.121 e. The average Bonchev–Trinajstić information content (AvgIpc) is 2.22. The summed E-state index contributed by atoms with van der Waals surface area (Å²) in [5, 5.41) is 0. The Hall–Kier alpha value is -1.06. The summed E-state index contributed by atoms with van der Waals surface area (Å²) in [5.74, 6) is 0.932. The van der Waals surface area contributed by atoms with Crippen LogP contribution in [0.25, 0.3) is 0 Å². The third-order valence-corrected chi connectivity index (χ3v) is 3.56. The lowest BCUT2D eigenvalue weighted by molar-refractivity contribution is -0.0719. The maximum atomic E-state index is 6.18. The monoisotopic (exact) mass is 249 g/mol. The smallest absolute Gasteiger partial charge is 0.121 e. The third kappa shape index (κ3) is 2.52. The molecule has 0 radical (unpaired) electrons. The van der Waals surface area contributed by atoms with Gasteiger partial charge < -0.3 is 15.2 Å². The van der Waals surface area contributed by atoms with Crippen LogP contribution < -0.4 is 10.5 Å². The van der Waals surface area contributed by atoms with Gasteiger partial charge in [-0.05, 0) is 44.4 Å². The molecule has 1 aromatic rings. The van der Waals surface area contributed by atoms with Gasteiger partial charge in [0.25, 0.3) is 0 Å². The lowest BCUT2D eigenvalue weighted by Crippen LogP contribution is -2.53. The second-order valence-corrected chi connectivity index (χ2v) is 6.12. The molecule has 2 N–H and O–H groups in total. The average molecular weight is 249 g/mol. The van der Waals surface area contributed by atoms with Gasteiger partial charge in [-0.1, -0.05) is 12.1 Å². The van der Waals surface area contributed by atoms with Gasteiger partial charge in [0.05, 0.1) is 20.3 Å². The van der Waals surface area contributed by atoms with Gasteiger partial charge in [0.1, 0.15) is 5.75 Å². The standard InChI is InChI=1S/C15H23NO2/c1-11-7-12(5-6-13(11)17-4)15(9-18-10-15)8-14(2,3)16/h5-7H,8-10,16H2,1-4H3. The van der Waals surface area contributed by atoms with E-state index in [1.54, 1.807) is 7.11 Å². The van der Waals surface area contributed by atoms with E-state index in [-0.39, 0.29) is 11.0 Å². The van der Waals surface area contributed by atoms with Crippen LogP contribution >= 0.6 is 0 Å². The molecule has 0 amide bonds. The van der Waals surface area contributed by atoms with Crippen molar-refractivity contribution >= 4 is 0 Å². The zero-order chi connectivity index (χ0) is 13.4. The maximum absolute atomic E-state index is 6.18. The second kappa shape index (κ2) is 4.56. The minimum absolute atomic E-state index is 0.0787. The summed E-state index contributed by atoms with van der Waals surface area (Å²) in [6, 6.07) is 6.38. The van der Waals surface area contributed by atoms with Gasteiger partial charge in [-0.15, -0.1) is 0 Å². The molecule has 0 atom stereocenters. The van der Waals surface area contributed by atoms with Crippen molar-refractivity contribution in [1.29, 1.82) is 0 Å². The van der Waals surface area contributed by atoms with E-state index in [9.17, 15) is 0 Å². The largest absolute Gasteiger partial charge is 0.496 e. The van der Waals surface area contributed by atoms with Gasteiger partial charge >= 0.3 is 0 Å². The Morgan fingerprint density at radius 3 is 2.44 bits per heavy atom. The van der Waals surface area contributed by atoms with Gasteiger partial charge in [0, 0.05) is 11.0 Å². The summed E-state index contributed by atoms with van der Waals surface area (Å²) in [6.45, 7) is 7.74. The van der Waals surface area contributed by atoms with Gasteiger partial charge in [0.15, 0.2) is 0 Å². The van der Waals surface area contributed by atoms with E-state index >= 15 is 0 Å². The predicted molar refractivity (Wildman–Crippen MR) is 73.1 cm³/mol. The number of nitrogens with two attached hydrogens (primary N) is 1. The zero-order valence-electron chi connectivity index (χ0n) is 11.7. The Bertz CT molecular complexity index is 431. The van der Waals surface area contributed by atoms with E-state index in [2.05, 4.69) is 32.9 Å². The van der Waals surface area contributed by atoms with Crippen molar-refractivity contribution in [2.75, 3.05) is 20.3 Å². The molecule has 0 saturated carbocycles. The van der Waals surface area contributed by atoms with Crippen LogP contribution in [0.3, 0.4) is 0 Å². The van der Waals surface area contributed by atoms with E-state index in [4.69, 9.17) is 15.2 Å². The summed E-state index contributed by atoms with van der Waals surface area (Å²) in [5.41, 5.74) is 8.55. The van der Waals surface area contributed by atoms with Crippen molar-refractivity contribution in [1.82, 2.24) is 0 Å². The fraction of sp³-hybridized carbons (Fsp3) is 0.600. The molecule has 3 nitrogen and oxygen atoms in total.